The van der Waals surface area contributed by atoms with Crippen LogP contribution in [0.25, 0.3) is 11.0 Å². The number of hydrogen-bond donors (Lipinski definition) is 2. The normalized spacial score (nSPS) is 21.6. The van der Waals surface area contributed by atoms with Gasteiger partial charge in [0, 0.05) is 24.4 Å². The van der Waals surface area contributed by atoms with E-state index in [1.54, 1.807) is 4.90 Å². The van der Waals surface area contributed by atoms with Crippen LogP contribution in [-0.2, 0) is 6.54 Å². The number of nitrogens with zero attached hydrogens (tertiary/aromatic N) is 1. The SMILES string of the molecule is O=c1[nH]c2ccccc2n1C1CC[NH+](Cc2ccccc2)CC1. The van der Waals surface area contributed by atoms with Gasteiger partial charge in [0.25, 0.3) is 0 Å². The Bertz CT molecular complexity index is 842. The minimum Gasteiger partial charge on any atom is -0.331 e. The Balaban J connectivity index is 1.49. The molecule has 4 rings (SSSR count). The van der Waals surface area contributed by atoms with Crippen molar-refractivity contribution >= 4 is 11.0 Å². The quantitative estimate of drug-likeness (QED) is 0.760. The molecule has 0 unspecified atom stereocenters. The summed E-state index contributed by atoms with van der Waals surface area (Å²) in [5, 5.41) is 0. The molecule has 0 spiro atoms. The zero-order chi connectivity index (χ0) is 15.6. The second-order valence-corrected chi connectivity index (χ2v) is 6.46. The fourth-order valence-electron chi connectivity index (χ4n) is 3.77. The maximum atomic E-state index is 12.3. The highest BCUT2D eigenvalue weighted by molar-refractivity contribution is 5.75. The molecule has 2 heterocycles. The number of quaternary nitrogens is 1. The Morgan fingerprint density at radius 3 is 2.48 bits per heavy atom. The van der Waals surface area contributed by atoms with Gasteiger partial charge in [-0.05, 0) is 12.1 Å². The summed E-state index contributed by atoms with van der Waals surface area (Å²) in [6, 6.07) is 19.0. The Morgan fingerprint density at radius 1 is 1.00 bits per heavy atom. The lowest BCUT2D eigenvalue weighted by molar-refractivity contribution is -0.919. The van der Waals surface area contributed by atoms with Crippen LogP contribution in [0.5, 0.6) is 0 Å². The monoisotopic (exact) mass is 308 g/mol. The molecule has 23 heavy (non-hydrogen) atoms. The number of H-pyrrole nitrogens is 1. The van der Waals surface area contributed by atoms with Crippen molar-refractivity contribution in [3.05, 3.63) is 70.6 Å². The van der Waals surface area contributed by atoms with Crippen LogP contribution >= 0.6 is 0 Å². The maximum Gasteiger partial charge on any atom is 0.326 e. The van der Waals surface area contributed by atoms with Crippen molar-refractivity contribution in [1.29, 1.82) is 0 Å². The molecule has 0 radical (unpaired) electrons. The highest BCUT2D eigenvalue weighted by atomic mass is 16.1. The molecule has 2 N–H and O–H groups in total. The molecule has 0 amide bonds. The summed E-state index contributed by atoms with van der Waals surface area (Å²) in [5.41, 5.74) is 3.40. The lowest BCUT2D eigenvalue weighted by atomic mass is 10.0. The van der Waals surface area contributed by atoms with Gasteiger partial charge in [0.05, 0.1) is 24.1 Å². The van der Waals surface area contributed by atoms with Crippen LogP contribution in [0, 0.1) is 0 Å². The van der Waals surface area contributed by atoms with Gasteiger partial charge in [0.2, 0.25) is 0 Å². The molecule has 0 saturated carbocycles. The molecule has 3 aromatic rings. The molecule has 1 aliphatic heterocycles. The van der Waals surface area contributed by atoms with E-state index in [4.69, 9.17) is 0 Å². The summed E-state index contributed by atoms with van der Waals surface area (Å²) in [6.45, 7) is 3.31. The third-order valence-electron chi connectivity index (χ3n) is 4.95. The maximum absolute atomic E-state index is 12.3. The molecule has 2 aromatic carbocycles. The van der Waals surface area contributed by atoms with Gasteiger partial charge in [0.1, 0.15) is 6.54 Å². The number of para-hydroxylation sites is 2. The lowest BCUT2D eigenvalue weighted by Gasteiger charge is -2.30. The van der Waals surface area contributed by atoms with Crippen molar-refractivity contribution < 1.29 is 4.90 Å². The van der Waals surface area contributed by atoms with E-state index in [0.717, 1.165) is 43.5 Å². The minimum absolute atomic E-state index is 0.0303. The van der Waals surface area contributed by atoms with E-state index in [1.807, 2.05) is 28.8 Å². The van der Waals surface area contributed by atoms with Gasteiger partial charge in [0.15, 0.2) is 0 Å². The highest BCUT2D eigenvalue weighted by Gasteiger charge is 2.25. The number of fused-ring (bicyclic) bond motifs is 1. The molecule has 118 valence electrons. The van der Waals surface area contributed by atoms with Crippen LogP contribution < -0.4 is 10.6 Å². The fraction of sp³-hybridized carbons (Fsp3) is 0.316. The number of aromatic nitrogens is 2. The molecule has 4 heteroatoms. The van der Waals surface area contributed by atoms with Crippen LogP contribution in [0.1, 0.15) is 24.4 Å². The third-order valence-corrected chi connectivity index (χ3v) is 4.95. The largest absolute Gasteiger partial charge is 0.331 e. The highest BCUT2D eigenvalue weighted by Crippen LogP contribution is 2.20. The number of benzene rings is 2. The molecule has 4 nitrogen and oxygen atoms in total. The molecule has 0 bridgehead atoms. The Hall–Kier alpha value is -2.33. The first kappa shape index (κ1) is 14.3. The number of imidazole rings is 1. The molecular formula is C19H22N3O+. The summed E-state index contributed by atoms with van der Waals surface area (Å²) >= 11 is 0. The predicted octanol–water partition coefficient (Wildman–Crippen LogP) is 1.75. The van der Waals surface area contributed by atoms with Gasteiger partial charge in [-0.2, -0.15) is 0 Å². The minimum atomic E-state index is 0.0303. The summed E-state index contributed by atoms with van der Waals surface area (Å²) in [5.74, 6) is 0. The van der Waals surface area contributed by atoms with Gasteiger partial charge in [-0.1, -0.05) is 42.5 Å². The van der Waals surface area contributed by atoms with E-state index >= 15 is 0 Å². The first-order valence-electron chi connectivity index (χ1n) is 8.38. The van der Waals surface area contributed by atoms with Gasteiger partial charge >= 0.3 is 5.69 Å². The van der Waals surface area contributed by atoms with Gasteiger partial charge < -0.3 is 9.88 Å². The molecular weight excluding hydrogens is 286 g/mol. The average Bonchev–Trinajstić information content (AvgIpc) is 2.92. The zero-order valence-corrected chi connectivity index (χ0v) is 13.2. The van der Waals surface area contributed by atoms with E-state index in [1.165, 1.54) is 5.56 Å². The van der Waals surface area contributed by atoms with Gasteiger partial charge in [-0.15, -0.1) is 0 Å². The summed E-state index contributed by atoms with van der Waals surface area (Å²) in [7, 11) is 0. The van der Waals surface area contributed by atoms with Crippen molar-refractivity contribution in [2.75, 3.05) is 13.1 Å². The number of aromatic amines is 1. The zero-order valence-electron chi connectivity index (χ0n) is 13.2. The van der Waals surface area contributed by atoms with E-state index in [2.05, 4.69) is 35.3 Å². The topological polar surface area (TPSA) is 42.2 Å². The number of rotatable bonds is 3. The lowest BCUT2D eigenvalue weighted by Crippen LogP contribution is -3.11. The van der Waals surface area contributed by atoms with Crippen LogP contribution in [0.3, 0.4) is 0 Å². The van der Waals surface area contributed by atoms with Gasteiger partial charge in [-0.25, -0.2) is 4.79 Å². The van der Waals surface area contributed by atoms with E-state index in [0.29, 0.717) is 6.04 Å². The predicted molar refractivity (Wildman–Crippen MR) is 91.7 cm³/mol. The van der Waals surface area contributed by atoms with Crippen molar-refractivity contribution in [1.82, 2.24) is 9.55 Å². The Labute approximate surface area is 135 Å². The Kier molecular flexibility index (Phi) is 3.75. The van der Waals surface area contributed by atoms with Crippen LogP contribution in [0.15, 0.2) is 59.4 Å². The second kappa shape index (κ2) is 6.05. The van der Waals surface area contributed by atoms with Crippen molar-refractivity contribution in [3.8, 4) is 0 Å². The van der Waals surface area contributed by atoms with E-state index in [9.17, 15) is 4.79 Å². The van der Waals surface area contributed by atoms with Crippen LogP contribution in [0.2, 0.25) is 0 Å². The van der Waals surface area contributed by atoms with E-state index in [-0.39, 0.29) is 5.69 Å². The Morgan fingerprint density at radius 2 is 1.70 bits per heavy atom. The van der Waals surface area contributed by atoms with Crippen molar-refractivity contribution in [2.45, 2.75) is 25.4 Å². The second-order valence-electron chi connectivity index (χ2n) is 6.46. The molecule has 1 aromatic heterocycles. The third kappa shape index (κ3) is 2.82. The standard InChI is InChI=1S/C19H21N3O/c23-19-20-17-8-4-5-9-18(17)22(19)16-10-12-21(13-11-16)14-15-6-2-1-3-7-15/h1-9,16H,10-14H2,(H,20,23)/p+1. The first-order chi connectivity index (χ1) is 11.3. The average molecular weight is 308 g/mol. The first-order valence-corrected chi connectivity index (χ1v) is 8.38. The molecule has 1 fully saturated rings. The number of piperidine rings is 1. The molecule has 0 atom stereocenters. The summed E-state index contributed by atoms with van der Waals surface area (Å²) in [4.78, 5) is 16.9. The molecule has 1 saturated heterocycles. The summed E-state index contributed by atoms with van der Waals surface area (Å²) in [6.07, 6.45) is 2.12. The van der Waals surface area contributed by atoms with E-state index < -0.39 is 0 Å². The number of nitrogens with one attached hydrogen (secondary N) is 2. The van der Waals surface area contributed by atoms with Crippen molar-refractivity contribution in [2.24, 2.45) is 0 Å². The number of likely N-dealkylation sites (tertiary alicyclic amines) is 1. The molecule has 1 aliphatic rings. The van der Waals surface area contributed by atoms with Crippen LogP contribution in [0.4, 0.5) is 0 Å². The van der Waals surface area contributed by atoms with Crippen LogP contribution in [-0.4, -0.2) is 22.6 Å². The van der Waals surface area contributed by atoms with Crippen molar-refractivity contribution in [3.63, 3.8) is 0 Å². The molecule has 0 aliphatic carbocycles. The smallest absolute Gasteiger partial charge is 0.326 e. The van der Waals surface area contributed by atoms with Gasteiger partial charge in [-0.3, -0.25) is 4.57 Å². The number of hydrogen-bond acceptors (Lipinski definition) is 1. The fourth-order valence-corrected chi connectivity index (χ4v) is 3.77. The summed E-state index contributed by atoms with van der Waals surface area (Å²) < 4.78 is 1.97.